The van der Waals surface area contributed by atoms with E-state index in [1.165, 1.54) is 18.4 Å². The topological polar surface area (TPSA) is 46.2 Å². The van der Waals surface area contributed by atoms with Crippen molar-refractivity contribution in [3.63, 3.8) is 0 Å². The monoisotopic (exact) mass is 279 g/mol. The molecule has 1 atom stereocenters. The molecule has 0 aliphatic carbocycles. The van der Waals surface area contributed by atoms with E-state index in [1.807, 2.05) is 0 Å². The van der Waals surface area contributed by atoms with E-state index in [2.05, 4.69) is 5.32 Å². The Morgan fingerprint density at radius 2 is 2.12 bits per heavy atom. The molecule has 0 aromatic heterocycles. The van der Waals surface area contributed by atoms with Crippen molar-refractivity contribution in [3.8, 4) is 0 Å². The van der Waals surface area contributed by atoms with Gasteiger partial charge in [-0.2, -0.15) is 0 Å². The number of rotatable bonds is 5. The summed E-state index contributed by atoms with van der Waals surface area (Å²) in [6, 6.07) is 4.20. The van der Waals surface area contributed by atoms with Crippen molar-refractivity contribution < 1.29 is 12.8 Å². The third-order valence-corrected chi connectivity index (χ3v) is 3.70. The summed E-state index contributed by atoms with van der Waals surface area (Å²) in [7, 11) is -3.04. The largest absolute Gasteiger partial charge is 0.309 e. The first-order chi connectivity index (χ1) is 7.79. The van der Waals surface area contributed by atoms with Crippen molar-refractivity contribution in [2.75, 3.05) is 12.0 Å². The summed E-state index contributed by atoms with van der Waals surface area (Å²) in [5, 5.41) is 3.27. The van der Waals surface area contributed by atoms with Gasteiger partial charge in [0.1, 0.15) is 15.7 Å². The summed E-state index contributed by atoms with van der Waals surface area (Å²) in [4.78, 5) is 0. The lowest BCUT2D eigenvalue weighted by Gasteiger charge is -2.13. The van der Waals surface area contributed by atoms with E-state index >= 15 is 0 Å². The second-order valence-corrected chi connectivity index (χ2v) is 6.67. The molecule has 1 aromatic rings. The summed E-state index contributed by atoms with van der Waals surface area (Å²) in [5.41, 5.74) is 0.356. The predicted octanol–water partition coefficient (Wildman–Crippen LogP) is 2.00. The molecule has 96 valence electrons. The highest BCUT2D eigenvalue weighted by Crippen LogP contribution is 2.18. The Kier molecular flexibility index (Phi) is 4.91. The van der Waals surface area contributed by atoms with Gasteiger partial charge in [-0.25, -0.2) is 12.8 Å². The molecule has 0 aliphatic heterocycles. The van der Waals surface area contributed by atoms with Gasteiger partial charge in [0.15, 0.2) is 0 Å². The van der Waals surface area contributed by atoms with Crippen LogP contribution >= 0.6 is 11.6 Å². The van der Waals surface area contributed by atoms with Crippen LogP contribution < -0.4 is 5.32 Å². The molecule has 0 saturated carbocycles. The van der Waals surface area contributed by atoms with E-state index in [9.17, 15) is 12.8 Å². The average Bonchev–Trinajstić information content (AvgIpc) is 2.14. The van der Waals surface area contributed by atoms with Gasteiger partial charge in [0, 0.05) is 29.4 Å². The molecule has 0 spiro atoms. The van der Waals surface area contributed by atoms with Gasteiger partial charge in [0.05, 0.1) is 5.75 Å². The third kappa shape index (κ3) is 5.02. The summed E-state index contributed by atoms with van der Waals surface area (Å²) in [6.45, 7) is 1.94. The second-order valence-electron chi connectivity index (χ2n) is 4.07. The van der Waals surface area contributed by atoms with Gasteiger partial charge in [-0.1, -0.05) is 17.7 Å². The Morgan fingerprint density at radius 3 is 2.65 bits per heavy atom. The number of nitrogens with one attached hydrogen (secondary N) is 1. The minimum absolute atomic E-state index is 0.0130. The lowest BCUT2D eigenvalue weighted by molar-refractivity contribution is 0.542. The molecule has 1 aromatic carbocycles. The van der Waals surface area contributed by atoms with Crippen molar-refractivity contribution >= 4 is 21.4 Å². The highest BCUT2D eigenvalue weighted by molar-refractivity contribution is 7.90. The first-order valence-electron chi connectivity index (χ1n) is 5.13. The van der Waals surface area contributed by atoms with E-state index in [4.69, 9.17) is 11.6 Å². The first-order valence-corrected chi connectivity index (χ1v) is 7.57. The van der Waals surface area contributed by atoms with Gasteiger partial charge in [0.2, 0.25) is 0 Å². The van der Waals surface area contributed by atoms with Gasteiger partial charge in [0.25, 0.3) is 0 Å². The maximum absolute atomic E-state index is 13.4. The zero-order chi connectivity index (χ0) is 13.1. The average molecular weight is 280 g/mol. The lowest BCUT2D eigenvalue weighted by Crippen LogP contribution is -2.32. The highest BCUT2D eigenvalue weighted by Gasteiger charge is 2.12. The first kappa shape index (κ1) is 14.4. The summed E-state index contributed by atoms with van der Waals surface area (Å²) < 4.78 is 35.5. The van der Waals surface area contributed by atoms with Crippen molar-refractivity contribution in [2.45, 2.75) is 19.5 Å². The Labute approximate surface area is 106 Å². The van der Waals surface area contributed by atoms with E-state index in [0.717, 1.165) is 0 Å². The van der Waals surface area contributed by atoms with Crippen molar-refractivity contribution in [1.29, 1.82) is 0 Å². The standard InChI is InChI=1S/C11H15ClFNO2S/c1-8(7-17(2,15)16)14-6-9-10(12)4-3-5-11(9)13/h3-5,8,14H,6-7H2,1-2H3. The van der Waals surface area contributed by atoms with Gasteiger partial charge in [-0.15, -0.1) is 0 Å². The fraction of sp³-hybridized carbons (Fsp3) is 0.455. The zero-order valence-electron chi connectivity index (χ0n) is 9.70. The molecule has 0 aliphatic rings. The van der Waals surface area contributed by atoms with Crippen LogP contribution in [0.5, 0.6) is 0 Å². The van der Waals surface area contributed by atoms with Crippen LogP contribution in [0.1, 0.15) is 12.5 Å². The van der Waals surface area contributed by atoms with E-state index in [-0.39, 0.29) is 18.3 Å². The molecule has 17 heavy (non-hydrogen) atoms. The fourth-order valence-electron chi connectivity index (χ4n) is 1.49. The van der Waals surface area contributed by atoms with E-state index in [1.54, 1.807) is 13.0 Å². The summed E-state index contributed by atoms with van der Waals surface area (Å²) >= 11 is 5.85. The molecular formula is C11H15ClFNO2S. The molecule has 0 amide bonds. The smallest absolute Gasteiger partial charge is 0.148 e. The number of hydrogen-bond acceptors (Lipinski definition) is 3. The molecular weight excluding hydrogens is 265 g/mol. The number of halogens is 2. The van der Waals surface area contributed by atoms with Gasteiger partial charge in [-0.05, 0) is 19.1 Å². The summed E-state index contributed by atoms with van der Waals surface area (Å²) in [5.74, 6) is -0.379. The Hall–Kier alpha value is -0.650. The molecule has 0 bridgehead atoms. The molecule has 0 heterocycles. The lowest BCUT2D eigenvalue weighted by atomic mass is 10.2. The van der Waals surface area contributed by atoms with Crippen LogP contribution in [0.15, 0.2) is 18.2 Å². The van der Waals surface area contributed by atoms with Crippen LogP contribution in [-0.2, 0) is 16.4 Å². The normalized spacial score (nSPS) is 13.6. The molecule has 1 N–H and O–H groups in total. The van der Waals surface area contributed by atoms with Crippen LogP contribution in [0.25, 0.3) is 0 Å². The molecule has 0 saturated heterocycles. The Balaban J connectivity index is 2.62. The molecule has 3 nitrogen and oxygen atoms in total. The van der Waals surface area contributed by atoms with Gasteiger partial charge in [-0.3, -0.25) is 0 Å². The van der Waals surface area contributed by atoms with Crippen molar-refractivity contribution in [1.82, 2.24) is 5.32 Å². The second kappa shape index (κ2) is 5.80. The van der Waals surface area contributed by atoms with Crippen LogP contribution in [0.2, 0.25) is 5.02 Å². The van der Waals surface area contributed by atoms with Crippen molar-refractivity contribution in [2.24, 2.45) is 0 Å². The van der Waals surface area contributed by atoms with Crippen LogP contribution in [0, 0.1) is 5.82 Å². The Bertz CT molecular complexity index is 470. The fourth-order valence-corrected chi connectivity index (χ4v) is 2.75. The predicted molar refractivity (Wildman–Crippen MR) is 67.4 cm³/mol. The van der Waals surface area contributed by atoms with Crippen LogP contribution in [0.4, 0.5) is 4.39 Å². The van der Waals surface area contributed by atoms with E-state index in [0.29, 0.717) is 10.6 Å². The van der Waals surface area contributed by atoms with E-state index < -0.39 is 15.7 Å². The molecule has 6 heteroatoms. The molecule has 0 radical (unpaired) electrons. The highest BCUT2D eigenvalue weighted by atomic mass is 35.5. The number of benzene rings is 1. The minimum Gasteiger partial charge on any atom is -0.309 e. The third-order valence-electron chi connectivity index (χ3n) is 2.24. The number of hydrogen-bond donors (Lipinski definition) is 1. The zero-order valence-corrected chi connectivity index (χ0v) is 11.3. The minimum atomic E-state index is -3.04. The van der Waals surface area contributed by atoms with Crippen molar-refractivity contribution in [3.05, 3.63) is 34.6 Å². The summed E-state index contributed by atoms with van der Waals surface area (Å²) in [6.07, 6.45) is 1.17. The van der Waals surface area contributed by atoms with Gasteiger partial charge >= 0.3 is 0 Å². The number of sulfone groups is 1. The molecule has 0 fully saturated rings. The molecule has 1 rings (SSSR count). The Morgan fingerprint density at radius 1 is 1.47 bits per heavy atom. The van der Waals surface area contributed by atoms with Gasteiger partial charge < -0.3 is 5.32 Å². The quantitative estimate of drug-likeness (QED) is 0.897. The van der Waals surface area contributed by atoms with Crippen LogP contribution in [0.3, 0.4) is 0 Å². The molecule has 1 unspecified atom stereocenters. The van der Waals surface area contributed by atoms with Crippen LogP contribution in [-0.4, -0.2) is 26.5 Å². The maximum atomic E-state index is 13.4. The SMILES string of the molecule is CC(CS(C)(=O)=O)NCc1c(F)cccc1Cl. The maximum Gasteiger partial charge on any atom is 0.148 e.